The Morgan fingerprint density at radius 2 is 1.83 bits per heavy atom. The fraction of sp³-hybridized carbons (Fsp3) is 0.200. The Hall–Kier alpha value is -1.87. The minimum absolute atomic E-state index is 0.302. The van der Waals surface area contributed by atoms with E-state index in [2.05, 4.69) is 0 Å². The van der Waals surface area contributed by atoms with E-state index in [-0.39, 0.29) is 5.82 Å². The maximum atomic E-state index is 13.1. The van der Waals surface area contributed by atoms with Crippen LogP contribution in [0.1, 0.15) is 22.8 Å². The van der Waals surface area contributed by atoms with Gasteiger partial charge in [-0.05, 0) is 36.2 Å². The third kappa shape index (κ3) is 2.36. The van der Waals surface area contributed by atoms with Gasteiger partial charge < -0.3 is 9.84 Å². The molecule has 94 valence electrons. The summed E-state index contributed by atoms with van der Waals surface area (Å²) in [5.41, 5.74) is 2.07. The first-order chi connectivity index (χ1) is 8.63. The van der Waals surface area contributed by atoms with Crippen molar-refractivity contribution >= 4 is 0 Å². The number of hydrogen-bond donors (Lipinski definition) is 1. The van der Waals surface area contributed by atoms with Crippen molar-refractivity contribution in [2.45, 2.75) is 13.0 Å². The van der Waals surface area contributed by atoms with Gasteiger partial charge in [-0.3, -0.25) is 0 Å². The summed E-state index contributed by atoms with van der Waals surface area (Å²) in [5, 5.41) is 10.4. The summed E-state index contributed by atoms with van der Waals surface area (Å²) in [6.07, 6.45) is -0.818. The van der Waals surface area contributed by atoms with Gasteiger partial charge in [0.25, 0.3) is 0 Å². The number of aryl methyl sites for hydroxylation is 1. The summed E-state index contributed by atoms with van der Waals surface area (Å²) in [6.45, 7) is 1.77. The van der Waals surface area contributed by atoms with Crippen LogP contribution >= 0.6 is 0 Å². The molecule has 0 heterocycles. The molecule has 0 saturated carbocycles. The first kappa shape index (κ1) is 12.6. The number of aliphatic hydroxyl groups excluding tert-OH is 1. The first-order valence-corrected chi connectivity index (χ1v) is 5.70. The molecule has 0 aromatic heterocycles. The molecule has 2 rings (SSSR count). The van der Waals surface area contributed by atoms with Crippen LogP contribution in [0.3, 0.4) is 0 Å². The molecule has 0 amide bonds. The highest BCUT2D eigenvalue weighted by atomic mass is 19.1. The Morgan fingerprint density at radius 1 is 1.11 bits per heavy atom. The molecule has 1 unspecified atom stereocenters. The van der Waals surface area contributed by atoms with E-state index in [0.29, 0.717) is 22.4 Å². The lowest BCUT2D eigenvalue weighted by molar-refractivity contribution is 0.214. The van der Waals surface area contributed by atoms with E-state index < -0.39 is 6.10 Å². The molecule has 2 nitrogen and oxygen atoms in total. The second kappa shape index (κ2) is 5.19. The molecule has 18 heavy (non-hydrogen) atoms. The van der Waals surface area contributed by atoms with Crippen molar-refractivity contribution in [3.05, 3.63) is 65.0 Å². The molecule has 2 aromatic rings. The van der Waals surface area contributed by atoms with Crippen LogP contribution in [0.4, 0.5) is 4.39 Å². The zero-order chi connectivity index (χ0) is 13.1. The Balaban J connectivity index is 2.44. The Bertz CT molecular complexity index is 552. The zero-order valence-corrected chi connectivity index (χ0v) is 10.4. The van der Waals surface area contributed by atoms with Gasteiger partial charge in [-0.1, -0.05) is 24.3 Å². The van der Waals surface area contributed by atoms with Crippen molar-refractivity contribution in [2.75, 3.05) is 7.11 Å². The van der Waals surface area contributed by atoms with E-state index in [4.69, 9.17) is 4.74 Å². The molecule has 0 saturated heterocycles. The van der Waals surface area contributed by atoms with Crippen LogP contribution in [0.25, 0.3) is 0 Å². The molecule has 0 aliphatic rings. The lowest BCUT2D eigenvalue weighted by Crippen LogP contribution is -2.04. The van der Waals surface area contributed by atoms with Gasteiger partial charge in [-0.2, -0.15) is 0 Å². The summed E-state index contributed by atoms with van der Waals surface area (Å²) < 4.78 is 18.3. The first-order valence-electron chi connectivity index (χ1n) is 5.70. The molecule has 0 spiro atoms. The van der Waals surface area contributed by atoms with Gasteiger partial charge >= 0.3 is 0 Å². The van der Waals surface area contributed by atoms with E-state index in [9.17, 15) is 9.50 Å². The predicted octanol–water partition coefficient (Wildman–Crippen LogP) is 3.22. The van der Waals surface area contributed by atoms with Crippen molar-refractivity contribution in [3.8, 4) is 5.75 Å². The number of para-hydroxylation sites is 1. The number of rotatable bonds is 3. The van der Waals surface area contributed by atoms with Crippen molar-refractivity contribution in [3.63, 3.8) is 0 Å². The van der Waals surface area contributed by atoms with E-state index >= 15 is 0 Å². The third-order valence-corrected chi connectivity index (χ3v) is 2.96. The predicted molar refractivity (Wildman–Crippen MR) is 68.2 cm³/mol. The Morgan fingerprint density at radius 3 is 2.50 bits per heavy atom. The summed E-state index contributed by atoms with van der Waals surface area (Å²) >= 11 is 0. The number of methoxy groups -OCH3 is 1. The lowest BCUT2D eigenvalue weighted by atomic mass is 9.97. The topological polar surface area (TPSA) is 29.5 Å². The molecule has 0 fully saturated rings. The average Bonchev–Trinajstić information content (AvgIpc) is 2.38. The molecular weight excluding hydrogens is 231 g/mol. The Labute approximate surface area is 106 Å². The van der Waals surface area contributed by atoms with Crippen LogP contribution in [0, 0.1) is 12.7 Å². The number of ether oxygens (including phenoxy) is 1. The van der Waals surface area contributed by atoms with Gasteiger partial charge in [-0.25, -0.2) is 4.39 Å². The van der Waals surface area contributed by atoms with E-state index in [1.165, 1.54) is 12.1 Å². The van der Waals surface area contributed by atoms with E-state index in [1.54, 1.807) is 32.2 Å². The fourth-order valence-electron chi connectivity index (χ4n) is 2.01. The summed E-state index contributed by atoms with van der Waals surface area (Å²) in [6, 6.07) is 11.6. The molecule has 1 atom stereocenters. The Kier molecular flexibility index (Phi) is 3.63. The van der Waals surface area contributed by atoms with Gasteiger partial charge in [0.05, 0.1) is 7.11 Å². The van der Waals surface area contributed by atoms with Crippen LogP contribution < -0.4 is 4.74 Å². The average molecular weight is 246 g/mol. The highest BCUT2D eigenvalue weighted by Gasteiger charge is 2.16. The van der Waals surface area contributed by atoms with Crippen molar-refractivity contribution in [1.29, 1.82) is 0 Å². The van der Waals surface area contributed by atoms with Crippen LogP contribution in [-0.2, 0) is 0 Å². The number of aliphatic hydroxyl groups is 1. The SMILES string of the molecule is COc1ccccc1C(O)c1ccc(F)cc1C. The fourth-order valence-corrected chi connectivity index (χ4v) is 2.01. The minimum atomic E-state index is -0.818. The van der Waals surface area contributed by atoms with Crippen molar-refractivity contribution < 1.29 is 14.2 Å². The second-order valence-corrected chi connectivity index (χ2v) is 4.15. The maximum Gasteiger partial charge on any atom is 0.125 e. The standard InChI is InChI=1S/C15H15FO2/c1-10-9-11(16)7-8-12(10)15(17)13-5-3-4-6-14(13)18-2/h3-9,15,17H,1-2H3. The molecule has 0 radical (unpaired) electrons. The number of halogens is 1. The van der Waals surface area contributed by atoms with Crippen LogP contribution in [0.5, 0.6) is 5.75 Å². The molecule has 0 aliphatic heterocycles. The largest absolute Gasteiger partial charge is 0.496 e. The molecule has 2 aromatic carbocycles. The molecular formula is C15H15FO2. The molecule has 3 heteroatoms. The zero-order valence-electron chi connectivity index (χ0n) is 10.4. The summed E-state index contributed by atoms with van der Waals surface area (Å²) in [5.74, 6) is 0.317. The van der Waals surface area contributed by atoms with Gasteiger partial charge in [0.2, 0.25) is 0 Å². The smallest absolute Gasteiger partial charge is 0.125 e. The van der Waals surface area contributed by atoms with Gasteiger partial charge in [0, 0.05) is 5.56 Å². The number of hydrogen-bond acceptors (Lipinski definition) is 2. The van der Waals surface area contributed by atoms with Crippen LogP contribution in [-0.4, -0.2) is 12.2 Å². The molecule has 1 N–H and O–H groups in total. The normalized spacial score (nSPS) is 12.2. The third-order valence-electron chi connectivity index (χ3n) is 2.96. The lowest BCUT2D eigenvalue weighted by Gasteiger charge is -2.17. The van der Waals surface area contributed by atoms with E-state index in [0.717, 1.165) is 0 Å². The van der Waals surface area contributed by atoms with E-state index in [1.807, 2.05) is 12.1 Å². The summed E-state index contributed by atoms with van der Waals surface area (Å²) in [7, 11) is 1.56. The van der Waals surface area contributed by atoms with Gasteiger partial charge in [0.1, 0.15) is 17.7 Å². The van der Waals surface area contributed by atoms with Gasteiger partial charge in [-0.15, -0.1) is 0 Å². The number of benzene rings is 2. The maximum absolute atomic E-state index is 13.1. The highest BCUT2D eigenvalue weighted by molar-refractivity contribution is 5.42. The monoisotopic (exact) mass is 246 g/mol. The summed E-state index contributed by atoms with van der Waals surface area (Å²) in [4.78, 5) is 0. The quantitative estimate of drug-likeness (QED) is 0.901. The van der Waals surface area contributed by atoms with Crippen molar-refractivity contribution in [1.82, 2.24) is 0 Å². The second-order valence-electron chi connectivity index (χ2n) is 4.15. The molecule has 0 aliphatic carbocycles. The molecule has 0 bridgehead atoms. The highest BCUT2D eigenvalue weighted by Crippen LogP contribution is 2.31. The van der Waals surface area contributed by atoms with Crippen LogP contribution in [0.15, 0.2) is 42.5 Å². The van der Waals surface area contributed by atoms with Crippen LogP contribution in [0.2, 0.25) is 0 Å². The van der Waals surface area contributed by atoms with Crippen molar-refractivity contribution in [2.24, 2.45) is 0 Å². The van der Waals surface area contributed by atoms with Gasteiger partial charge in [0.15, 0.2) is 0 Å². The minimum Gasteiger partial charge on any atom is -0.496 e.